The molecule has 30 heavy (non-hydrogen) atoms. The van der Waals surface area contributed by atoms with Crippen LogP contribution in [0.25, 0.3) is 0 Å². The normalized spacial score (nSPS) is 17.0. The molecule has 1 saturated heterocycles. The lowest BCUT2D eigenvalue weighted by Gasteiger charge is -2.31. The first-order chi connectivity index (χ1) is 14.4. The Morgan fingerprint density at radius 3 is 2.70 bits per heavy atom. The highest BCUT2D eigenvalue weighted by Crippen LogP contribution is 2.32. The molecule has 8 nitrogen and oxygen atoms in total. The second-order valence-electron chi connectivity index (χ2n) is 6.90. The average Bonchev–Trinajstić information content (AvgIpc) is 2.78. The maximum Gasteiger partial charge on any atom is 0.246 e. The Kier molecular flexibility index (Phi) is 6.59. The van der Waals surface area contributed by atoms with Gasteiger partial charge in [0.2, 0.25) is 15.9 Å². The molecule has 0 aliphatic carbocycles. The van der Waals surface area contributed by atoms with Crippen LogP contribution in [0.3, 0.4) is 0 Å². The van der Waals surface area contributed by atoms with Crippen LogP contribution in [0.5, 0.6) is 11.5 Å². The molecule has 9 heteroatoms. The fraction of sp³-hybridized carbons (Fsp3) is 0.333. The molecule has 1 atom stereocenters. The Labute approximate surface area is 176 Å². The van der Waals surface area contributed by atoms with Gasteiger partial charge < -0.3 is 14.8 Å². The van der Waals surface area contributed by atoms with Crippen LogP contribution in [0.2, 0.25) is 0 Å². The topological polar surface area (TPSA) is 109 Å². The number of amides is 1. The molecule has 1 aliphatic heterocycles. The number of nitrogens with one attached hydrogen (secondary N) is 1. The number of nitrogens with zero attached hydrogens (tertiary/aromatic N) is 2. The zero-order valence-electron chi connectivity index (χ0n) is 16.8. The summed E-state index contributed by atoms with van der Waals surface area (Å²) >= 11 is 0. The van der Waals surface area contributed by atoms with E-state index in [-0.39, 0.29) is 23.1 Å². The van der Waals surface area contributed by atoms with E-state index in [1.807, 2.05) is 6.07 Å². The third-order valence-corrected chi connectivity index (χ3v) is 6.89. The molecular formula is C21H23N3O5S. The third kappa shape index (κ3) is 4.56. The van der Waals surface area contributed by atoms with Gasteiger partial charge in [-0.1, -0.05) is 6.07 Å². The number of hydrogen-bond acceptors (Lipinski definition) is 6. The van der Waals surface area contributed by atoms with Gasteiger partial charge in [-0.2, -0.15) is 9.57 Å². The van der Waals surface area contributed by atoms with Crippen molar-refractivity contribution < 1.29 is 22.7 Å². The second kappa shape index (κ2) is 9.15. The van der Waals surface area contributed by atoms with Gasteiger partial charge in [0.15, 0.2) is 0 Å². The number of carbonyl (C=O) groups excluding carboxylic acids is 1. The van der Waals surface area contributed by atoms with Crippen molar-refractivity contribution in [2.24, 2.45) is 5.92 Å². The molecule has 1 heterocycles. The number of piperidine rings is 1. The summed E-state index contributed by atoms with van der Waals surface area (Å²) in [5, 5.41) is 11.8. The van der Waals surface area contributed by atoms with Gasteiger partial charge in [-0.15, -0.1) is 0 Å². The number of hydrogen-bond donors (Lipinski definition) is 1. The number of rotatable bonds is 6. The molecule has 2 aromatic rings. The van der Waals surface area contributed by atoms with Crippen molar-refractivity contribution in [2.75, 3.05) is 32.6 Å². The van der Waals surface area contributed by atoms with Crippen molar-refractivity contribution in [3.05, 3.63) is 48.0 Å². The van der Waals surface area contributed by atoms with Crippen molar-refractivity contribution >= 4 is 21.6 Å². The van der Waals surface area contributed by atoms with Gasteiger partial charge in [0.05, 0.1) is 31.8 Å². The predicted molar refractivity (Wildman–Crippen MR) is 111 cm³/mol. The lowest BCUT2D eigenvalue weighted by molar-refractivity contribution is -0.120. The smallest absolute Gasteiger partial charge is 0.246 e. The van der Waals surface area contributed by atoms with E-state index >= 15 is 0 Å². The molecule has 1 N–H and O–H groups in total. The number of carbonyl (C=O) groups is 1. The van der Waals surface area contributed by atoms with Gasteiger partial charge in [0.1, 0.15) is 16.4 Å². The molecule has 158 valence electrons. The van der Waals surface area contributed by atoms with Crippen LogP contribution in [-0.2, 0) is 14.8 Å². The summed E-state index contributed by atoms with van der Waals surface area (Å²) in [5.74, 6) is -0.160. The molecular weight excluding hydrogens is 406 g/mol. The quantitative estimate of drug-likeness (QED) is 0.756. The maximum absolute atomic E-state index is 13.3. The van der Waals surface area contributed by atoms with Crippen LogP contribution >= 0.6 is 0 Å². The molecule has 1 fully saturated rings. The SMILES string of the molecule is COc1ccc(OC)c(S(=O)(=O)N2CCC[C@@H](C(=O)Nc3cccc(C#N)c3)C2)c1. The first kappa shape index (κ1) is 21.6. The summed E-state index contributed by atoms with van der Waals surface area (Å²) in [6.07, 6.45) is 1.13. The summed E-state index contributed by atoms with van der Waals surface area (Å²) in [6, 6.07) is 13.2. The lowest BCUT2D eigenvalue weighted by atomic mass is 9.98. The number of sulfonamides is 1. The van der Waals surface area contributed by atoms with E-state index < -0.39 is 15.9 Å². The highest BCUT2D eigenvalue weighted by molar-refractivity contribution is 7.89. The van der Waals surface area contributed by atoms with Crippen molar-refractivity contribution in [3.8, 4) is 17.6 Å². The third-order valence-electron chi connectivity index (χ3n) is 5.00. The van der Waals surface area contributed by atoms with Crippen LogP contribution in [0.4, 0.5) is 5.69 Å². The molecule has 0 unspecified atom stereocenters. The highest BCUT2D eigenvalue weighted by Gasteiger charge is 2.35. The summed E-state index contributed by atoms with van der Waals surface area (Å²) in [5.41, 5.74) is 0.944. The molecule has 1 amide bonds. The van der Waals surface area contributed by atoms with Crippen LogP contribution in [0.15, 0.2) is 47.4 Å². The molecule has 2 aromatic carbocycles. The average molecular weight is 429 g/mol. The maximum atomic E-state index is 13.3. The van der Waals surface area contributed by atoms with E-state index in [4.69, 9.17) is 14.7 Å². The minimum absolute atomic E-state index is 0.00660. The zero-order chi connectivity index (χ0) is 21.7. The fourth-order valence-electron chi connectivity index (χ4n) is 3.41. The first-order valence-electron chi connectivity index (χ1n) is 9.42. The number of anilines is 1. The zero-order valence-corrected chi connectivity index (χ0v) is 17.6. The Hall–Kier alpha value is -3.09. The fourth-order valence-corrected chi connectivity index (χ4v) is 5.10. The lowest BCUT2D eigenvalue weighted by Crippen LogP contribution is -2.43. The van der Waals surface area contributed by atoms with Gasteiger partial charge in [0, 0.05) is 24.8 Å². The molecule has 1 aliphatic rings. The highest BCUT2D eigenvalue weighted by atomic mass is 32.2. The number of methoxy groups -OCH3 is 2. The van der Waals surface area contributed by atoms with Crippen LogP contribution in [-0.4, -0.2) is 45.9 Å². The van der Waals surface area contributed by atoms with E-state index in [2.05, 4.69) is 5.32 Å². The molecule has 0 saturated carbocycles. The van der Waals surface area contributed by atoms with Crippen molar-refractivity contribution in [1.82, 2.24) is 4.31 Å². The van der Waals surface area contributed by atoms with E-state index in [9.17, 15) is 13.2 Å². The van der Waals surface area contributed by atoms with E-state index in [0.29, 0.717) is 36.4 Å². The monoisotopic (exact) mass is 429 g/mol. The standard InChI is InChI=1S/C21H23N3O5S/c1-28-18-8-9-19(29-2)20(12-18)30(26,27)24-10-4-6-16(14-24)21(25)23-17-7-3-5-15(11-17)13-22/h3,5,7-9,11-12,16H,4,6,10,14H2,1-2H3,(H,23,25)/t16-/m1/s1. The molecule has 0 spiro atoms. The van der Waals surface area contributed by atoms with Gasteiger partial charge in [0.25, 0.3) is 0 Å². The predicted octanol–water partition coefficient (Wildman–Crippen LogP) is 2.61. The van der Waals surface area contributed by atoms with Gasteiger partial charge in [-0.05, 0) is 43.2 Å². The van der Waals surface area contributed by atoms with E-state index in [0.717, 1.165) is 0 Å². The second-order valence-corrected chi connectivity index (χ2v) is 8.81. The molecule has 0 aromatic heterocycles. The van der Waals surface area contributed by atoms with Crippen molar-refractivity contribution in [3.63, 3.8) is 0 Å². The molecule has 0 bridgehead atoms. The van der Waals surface area contributed by atoms with Crippen LogP contribution in [0, 0.1) is 17.2 Å². The summed E-state index contributed by atoms with van der Waals surface area (Å²) < 4.78 is 38.2. The summed E-state index contributed by atoms with van der Waals surface area (Å²) in [4.78, 5) is 12.7. The van der Waals surface area contributed by atoms with Crippen LogP contribution in [0.1, 0.15) is 18.4 Å². The Morgan fingerprint density at radius 2 is 2.00 bits per heavy atom. The summed E-state index contributed by atoms with van der Waals surface area (Å²) in [6.45, 7) is 0.378. The minimum atomic E-state index is -3.88. The molecule has 0 radical (unpaired) electrons. The largest absolute Gasteiger partial charge is 0.497 e. The van der Waals surface area contributed by atoms with Gasteiger partial charge in [-0.3, -0.25) is 4.79 Å². The number of nitriles is 1. The molecule has 3 rings (SSSR count). The van der Waals surface area contributed by atoms with Gasteiger partial charge in [-0.25, -0.2) is 8.42 Å². The number of ether oxygens (including phenoxy) is 2. The van der Waals surface area contributed by atoms with Crippen molar-refractivity contribution in [1.29, 1.82) is 5.26 Å². The Balaban J connectivity index is 1.80. The van der Waals surface area contributed by atoms with Crippen molar-refractivity contribution in [2.45, 2.75) is 17.7 Å². The first-order valence-corrected chi connectivity index (χ1v) is 10.9. The Morgan fingerprint density at radius 1 is 1.20 bits per heavy atom. The number of benzene rings is 2. The van der Waals surface area contributed by atoms with Gasteiger partial charge >= 0.3 is 0 Å². The summed E-state index contributed by atoms with van der Waals surface area (Å²) in [7, 11) is -1.02. The Bertz CT molecular complexity index is 1080. The van der Waals surface area contributed by atoms with E-state index in [1.54, 1.807) is 36.4 Å². The van der Waals surface area contributed by atoms with E-state index in [1.165, 1.54) is 24.6 Å². The van der Waals surface area contributed by atoms with Crippen LogP contribution < -0.4 is 14.8 Å². The minimum Gasteiger partial charge on any atom is -0.497 e.